The van der Waals surface area contributed by atoms with E-state index in [1.165, 1.54) is 25.7 Å². The highest BCUT2D eigenvalue weighted by atomic mass is 16.5. The number of hydrogen-bond donors (Lipinski definition) is 1. The number of pyridine rings is 1. The van der Waals surface area contributed by atoms with Gasteiger partial charge in [0.15, 0.2) is 5.78 Å². The van der Waals surface area contributed by atoms with E-state index < -0.39 is 5.60 Å². The molecule has 1 N–H and O–H groups in total. The van der Waals surface area contributed by atoms with Crippen molar-refractivity contribution in [3.05, 3.63) is 24.5 Å². The van der Waals surface area contributed by atoms with Crippen LogP contribution in [0, 0.1) is 34.5 Å². The number of aromatic nitrogens is 3. The minimum absolute atomic E-state index is 0.208. The second kappa shape index (κ2) is 9.83. The van der Waals surface area contributed by atoms with Gasteiger partial charge in [0.1, 0.15) is 12.1 Å². The molecule has 2 aromatic rings. The molecule has 36 heavy (non-hydrogen) atoms. The fraction of sp³-hybridized carbons (Fsp3) is 0.767. The smallest absolute Gasteiger partial charge is 0.154 e. The molecule has 3 aliphatic rings. The maximum atomic E-state index is 12.9. The topological polar surface area (TPSA) is 77.2 Å². The predicted molar refractivity (Wildman–Crippen MR) is 141 cm³/mol. The quantitative estimate of drug-likeness (QED) is 0.499. The van der Waals surface area contributed by atoms with E-state index in [-0.39, 0.29) is 11.2 Å². The van der Waals surface area contributed by atoms with Gasteiger partial charge in [-0.2, -0.15) is 5.10 Å². The van der Waals surface area contributed by atoms with E-state index in [0.29, 0.717) is 42.1 Å². The Hall–Kier alpha value is -1.79. The summed E-state index contributed by atoms with van der Waals surface area (Å²) in [6.45, 7) is 8.10. The average Bonchev–Trinajstić information content (AvgIpc) is 3.23. The maximum absolute atomic E-state index is 12.9. The highest BCUT2D eigenvalue weighted by Crippen LogP contribution is 2.64. The number of rotatable bonds is 8. The van der Waals surface area contributed by atoms with Crippen LogP contribution in [-0.4, -0.2) is 45.0 Å². The van der Waals surface area contributed by atoms with Crippen molar-refractivity contribution < 1.29 is 14.6 Å². The van der Waals surface area contributed by atoms with Crippen molar-refractivity contribution in [3.8, 4) is 0 Å². The molecule has 198 valence electrons. The predicted octanol–water partition coefficient (Wildman–Crippen LogP) is 5.82. The number of nitrogens with zero attached hydrogens (tertiary/aromatic N) is 3. The van der Waals surface area contributed by atoms with Crippen molar-refractivity contribution >= 4 is 16.8 Å². The lowest BCUT2D eigenvalue weighted by atomic mass is 9.43. The standard InChI is InChI=1S/C30H45N3O3/c1-28(2)13-12-25-23(11-10-21-17-29(3,35)14-15-30(21,25)20-36-4)24(28)8-5-7-22(34)19-33-27-9-6-16-31-26(27)18-32-33/h6,9,16,18,21,23-25,35H,5,7-8,10-15,17,19-20H2,1-4H3. The first kappa shape index (κ1) is 25.8. The van der Waals surface area contributed by atoms with E-state index in [1.807, 2.05) is 26.2 Å². The second-order valence-electron chi connectivity index (χ2n) is 13.2. The number of ether oxygens (including phenoxy) is 1. The largest absolute Gasteiger partial charge is 0.390 e. The third kappa shape index (κ3) is 4.76. The lowest BCUT2D eigenvalue weighted by Crippen LogP contribution is -2.58. The summed E-state index contributed by atoms with van der Waals surface area (Å²) < 4.78 is 7.69. The number of hydrogen-bond acceptors (Lipinski definition) is 5. The third-order valence-corrected chi connectivity index (χ3v) is 10.5. The summed E-state index contributed by atoms with van der Waals surface area (Å²) in [5, 5.41) is 15.3. The molecule has 0 radical (unpaired) electrons. The van der Waals surface area contributed by atoms with E-state index >= 15 is 0 Å². The molecule has 5 rings (SSSR count). The van der Waals surface area contributed by atoms with Crippen molar-refractivity contribution in [2.45, 2.75) is 97.1 Å². The Labute approximate surface area is 216 Å². The van der Waals surface area contributed by atoms with E-state index in [2.05, 4.69) is 23.9 Å². The Kier molecular flexibility index (Phi) is 7.05. The Morgan fingerprint density at radius 3 is 2.83 bits per heavy atom. The van der Waals surface area contributed by atoms with Gasteiger partial charge in [-0.1, -0.05) is 13.8 Å². The van der Waals surface area contributed by atoms with Crippen LogP contribution in [0.25, 0.3) is 11.0 Å². The number of Topliss-reactive ketones (excluding diaryl/α,β-unsaturated/α-hetero) is 1. The first-order valence-electron chi connectivity index (χ1n) is 14.1. The van der Waals surface area contributed by atoms with Gasteiger partial charge in [-0.15, -0.1) is 0 Å². The highest BCUT2D eigenvalue weighted by Gasteiger charge is 2.59. The SMILES string of the molecule is COCC12CCC(C)(O)CC1CCC1C(CCCC(=O)Cn3ncc4ncccc43)C(C)(C)CCC12. The zero-order valence-corrected chi connectivity index (χ0v) is 22.7. The normalized spacial score (nSPS) is 35.8. The molecular weight excluding hydrogens is 450 g/mol. The van der Waals surface area contributed by atoms with Crippen LogP contribution < -0.4 is 0 Å². The summed E-state index contributed by atoms with van der Waals surface area (Å²) in [5.41, 5.74) is 1.74. The summed E-state index contributed by atoms with van der Waals surface area (Å²) in [4.78, 5) is 17.2. The van der Waals surface area contributed by atoms with Crippen LogP contribution in [0.15, 0.2) is 24.5 Å². The Bertz CT molecular complexity index is 1080. The first-order valence-corrected chi connectivity index (χ1v) is 14.1. The minimum atomic E-state index is -0.529. The van der Waals surface area contributed by atoms with Crippen molar-refractivity contribution in [1.82, 2.24) is 14.8 Å². The lowest BCUT2D eigenvalue weighted by Gasteiger charge is -2.62. The molecule has 0 aliphatic heterocycles. The van der Waals surface area contributed by atoms with Crippen LogP contribution in [0.5, 0.6) is 0 Å². The zero-order chi connectivity index (χ0) is 25.6. The minimum Gasteiger partial charge on any atom is -0.390 e. The molecule has 2 aromatic heterocycles. The van der Waals surface area contributed by atoms with Gasteiger partial charge in [0.2, 0.25) is 0 Å². The molecule has 2 heterocycles. The summed E-state index contributed by atoms with van der Waals surface area (Å²) in [6.07, 6.45) is 14.0. The van der Waals surface area contributed by atoms with Crippen molar-refractivity contribution in [3.63, 3.8) is 0 Å². The van der Waals surface area contributed by atoms with Crippen molar-refractivity contribution in [1.29, 1.82) is 0 Å². The van der Waals surface area contributed by atoms with E-state index in [1.54, 1.807) is 17.1 Å². The van der Waals surface area contributed by atoms with Gasteiger partial charge in [0.05, 0.1) is 23.9 Å². The fourth-order valence-electron chi connectivity index (χ4n) is 8.69. The molecular formula is C30H45N3O3. The van der Waals surface area contributed by atoms with Crippen molar-refractivity contribution in [2.75, 3.05) is 13.7 Å². The van der Waals surface area contributed by atoms with E-state index in [4.69, 9.17) is 4.74 Å². The van der Waals surface area contributed by atoms with Gasteiger partial charge in [-0.3, -0.25) is 14.5 Å². The Morgan fingerprint density at radius 1 is 1.19 bits per heavy atom. The summed E-state index contributed by atoms with van der Waals surface area (Å²) in [7, 11) is 1.86. The molecule has 0 aromatic carbocycles. The number of methoxy groups -OCH3 is 1. The van der Waals surface area contributed by atoms with Gasteiger partial charge in [0.25, 0.3) is 0 Å². The summed E-state index contributed by atoms with van der Waals surface area (Å²) in [5.74, 6) is 2.81. The molecule has 6 nitrogen and oxygen atoms in total. The number of carbonyl (C=O) groups excluding carboxylic acids is 1. The Balaban J connectivity index is 1.26. The zero-order valence-electron chi connectivity index (χ0n) is 22.7. The molecule has 6 heteroatoms. The molecule has 0 bridgehead atoms. The van der Waals surface area contributed by atoms with Crippen LogP contribution in [0.2, 0.25) is 0 Å². The average molecular weight is 496 g/mol. The molecule has 0 spiro atoms. The van der Waals surface area contributed by atoms with Gasteiger partial charge >= 0.3 is 0 Å². The monoisotopic (exact) mass is 495 g/mol. The number of ketones is 1. The Morgan fingerprint density at radius 2 is 2.03 bits per heavy atom. The van der Waals surface area contributed by atoms with Gasteiger partial charge < -0.3 is 9.84 Å². The van der Waals surface area contributed by atoms with E-state index in [9.17, 15) is 9.90 Å². The van der Waals surface area contributed by atoms with Gasteiger partial charge in [0, 0.05) is 19.7 Å². The van der Waals surface area contributed by atoms with Crippen LogP contribution in [-0.2, 0) is 16.1 Å². The second-order valence-corrected chi connectivity index (χ2v) is 13.2. The van der Waals surface area contributed by atoms with E-state index in [0.717, 1.165) is 49.7 Å². The maximum Gasteiger partial charge on any atom is 0.154 e. The molecule has 0 amide bonds. The number of aliphatic hydroxyl groups is 1. The molecule has 3 saturated carbocycles. The first-order chi connectivity index (χ1) is 17.2. The summed E-state index contributed by atoms with van der Waals surface area (Å²) >= 11 is 0. The molecule has 3 aliphatic carbocycles. The van der Waals surface area contributed by atoms with Crippen LogP contribution in [0.1, 0.15) is 85.0 Å². The van der Waals surface area contributed by atoms with Crippen LogP contribution in [0.3, 0.4) is 0 Å². The van der Waals surface area contributed by atoms with Gasteiger partial charge in [-0.25, -0.2) is 0 Å². The van der Waals surface area contributed by atoms with Crippen LogP contribution >= 0.6 is 0 Å². The number of carbonyl (C=O) groups is 1. The van der Waals surface area contributed by atoms with Gasteiger partial charge in [-0.05, 0) is 111 Å². The molecule has 6 atom stereocenters. The van der Waals surface area contributed by atoms with Crippen LogP contribution in [0.4, 0.5) is 0 Å². The third-order valence-electron chi connectivity index (χ3n) is 10.5. The molecule has 6 unspecified atom stereocenters. The number of fused-ring (bicyclic) bond motifs is 4. The summed E-state index contributed by atoms with van der Waals surface area (Å²) in [6, 6.07) is 3.87. The molecule has 3 fully saturated rings. The fourth-order valence-corrected chi connectivity index (χ4v) is 8.69. The molecule has 0 saturated heterocycles. The highest BCUT2D eigenvalue weighted by molar-refractivity contribution is 5.81. The lowest BCUT2D eigenvalue weighted by molar-refractivity contribution is -0.174. The van der Waals surface area contributed by atoms with Crippen molar-refractivity contribution in [2.24, 2.45) is 34.5 Å².